The maximum atomic E-state index is 11.6. The van der Waals surface area contributed by atoms with Crippen molar-refractivity contribution in [3.63, 3.8) is 0 Å². The van der Waals surface area contributed by atoms with Crippen LogP contribution < -0.4 is 10.6 Å². The van der Waals surface area contributed by atoms with Gasteiger partial charge >= 0.3 is 0 Å². The number of rotatable bonds is 8. The van der Waals surface area contributed by atoms with Crippen LogP contribution in [0.15, 0.2) is 24.3 Å². The molecule has 1 rings (SSSR count). The summed E-state index contributed by atoms with van der Waals surface area (Å²) in [4.78, 5) is 11.6. The molecule has 4 heteroatoms. The third kappa shape index (κ3) is 5.85. The first-order chi connectivity index (χ1) is 9.17. The van der Waals surface area contributed by atoms with Crippen molar-refractivity contribution >= 4 is 11.6 Å². The van der Waals surface area contributed by atoms with E-state index in [0.717, 1.165) is 12.1 Å². The first-order valence-corrected chi connectivity index (χ1v) is 6.76. The van der Waals surface area contributed by atoms with Crippen molar-refractivity contribution in [2.75, 3.05) is 32.1 Å². The Labute approximate surface area is 115 Å². The van der Waals surface area contributed by atoms with E-state index in [9.17, 15) is 4.79 Å². The highest BCUT2D eigenvalue weighted by Gasteiger charge is 2.04. The summed E-state index contributed by atoms with van der Waals surface area (Å²) in [7, 11) is 1.64. The Balaban J connectivity index is 2.38. The zero-order valence-electron chi connectivity index (χ0n) is 12.0. The topological polar surface area (TPSA) is 50.4 Å². The molecule has 0 spiro atoms. The van der Waals surface area contributed by atoms with Crippen LogP contribution in [0.5, 0.6) is 0 Å². The molecule has 0 aliphatic carbocycles. The van der Waals surface area contributed by atoms with E-state index in [2.05, 4.69) is 36.6 Å². The van der Waals surface area contributed by atoms with Gasteiger partial charge in [0.05, 0.1) is 13.2 Å². The number of methoxy groups -OCH3 is 1. The largest absolute Gasteiger partial charge is 0.383 e. The van der Waals surface area contributed by atoms with Crippen LogP contribution in [0.3, 0.4) is 0 Å². The minimum Gasteiger partial charge on any atom is -0.383 e. The molecule has 2 N–H and O–H groups in total. The standard InChI is InChI=1S/C15H24N2O2/c1-4-12(2)13-5-7-14(8-6-13)17-15(18)11-16-9-10-19-3/h5-8,12,16H,4,9-11H2,1-3H3,(H,17,18)/t12-/m1/s1. The lowest BCUT2D eigenvalue weighted by atomic mass is 9.99. The van der Waals surface area contributed by atoms with Gasteiger partial charge in [0.1, 0.15) is 0 Å². The third-order valence-electron chi connectivity index (χ3n) is 3.14. The summed E-state index contributed by atoms with van der Waals surface area (Å²) < 4.78 is 4.89. The molecule has 0 heterocycles. The molecule has 1 atom stereocenters. The molecule has 0 saturated heterocycles. The maximum Gasteiger partial charge on any atom is 0.238 e. The lowest BCUT2D eigenvalue weighted by molar-refractivity contribution is -0.115. The minimum absolute atomic E-state index is 0.0348. The number of anilines is 1. The van der Waals surface area contributed by atoms with Crippen molar-refractivity contribution in [1.82, 2.24) is 5.32 Å². The van der Waals surface area contributed by atoms with E-state index in [1.807, 2.05) is 12.1 Å². The molecule has 0 unspecified atom stereocenters. The Bertz CT molecular complexity index is 376. The number of benzene rings is 1. The lowest BCUT2D eigenvalue weighted by Gasteiger charge is -2.10. The average molecular weight is 264 g/mol. The highest BCUT2D eigenvalue weighted by molar-refractivity contribution is 5.92. The molecular formula is C15H24N2O2. The number of amides is 1. The average Bonchev–Trinajstić information content (AvgIpc) is 2.43. The van der Waals surface area contributed by atoms with Crippen LogP contribution in [0.25, 0.3) is 0 Å². The Morgan fingerprint density at radius 1 is 1.32 bits per heavy atom. The fraction of sp³-hybridized carbons (Fsp3) is 0.533. The van der Waals surface area contributed by atoms with Crippen LogP contribution in [0, 0.1) is 0 Å². The highest BCUT2D eigenvalue weighted by atomic mass is 16.5. The van der Waals surface area contributed by atoms with E-state index in [0.29, 0.717) is 25.6 Å². The van der Waals surface area contributed by atoms with Gasteiger partial charge in [0.15, 0.2) is 0 Å². The molecule has 0 saturated carbocycles. The SMILES string of the molecule is CC[C@@H](C)c1ccc(NC(=O)CNCCOC)cc1. The molecule has 4 nitrogen and oxygen atoms in total. The second-order valence-electron chi connectivity index (χ2n) is 4.65. The second kappa shape index (κ2) is 8.67. The van der Waals surface area contributed by atoms with Gasteiger partial charge in [-0.15, -0.1) is 0 Å². The molecule has 0 bridgehead atoms. The van der Waals surface area contributed by atoms with Gasteiger partial charge in [-0.05, 0) is 30.0 Å². The summed E-state index contributed by atoms with van der Waals surface area (Å²) in [6, 6.07) is 8.05. The molecule has 0 fully saturated rings. The molecule has 1 aromatic rings. The predicted octanol–water partition coefficient (Wildman–Crippen LogP) is 2.37. The highest BCUT2D eigenvalue weighted by Crippen LogP contribution is 2.20. The Morgan fingerprint density at radius 2 is 2.00 bits per heavy atom. The quantitative estimate of drug-likeness (QED) is 0.709. The molecule has 0 aliphatic heterocycles. The second-order valence-corrected chi connectivity index (χ2v) is 4.65. The van der Waals surface area contributed by atoms with E-state index in [-0.39, 0.29) is 5.91 Å². The summed E-state index contributed by atoms with van der Waals surface area (Å²) in [6.45, 7) is 5.96. The van der Waals surface area contributed by atoms with Crippen molar-refractivity contribution in [2.24, 2.45) is 0 Å². The zero-order chi connectivity index (χ0) is 14.1. The molecule has 0 radical (unpaired) electrons. The fourth-order valence-electron chi connectivity index (χ4n) is 1.71. The summed E-state index contributed by atoms with van der Waals surface area (Å²) in [5.41, 5.74) is 2.14. The van der Waals surface area contributed by atoms with E-state index >= 15 is 0 Å². The Morgan fingerprint density at radius 3 is 2.58 bits per heavy atom. The zero-order valence-corrected chi connectivity index (χ0v) is 12.0. The normalized spacial score (nSPS) is 12.2. The van der Waals surface area contributed by atoms with Gasteiger partial charge in [-0.25, -0.2) is 0 Å². The Hall–Kier alpha value is -1.39. The molecule has 1 amide bonds. The van der Waals surface area contributed by atoms with E-state index < -0.39 is 0 Å². The lowest BCUT2D eigenvalue weighted by Crippen LogP contribution is -2.30. The van der Waals surface area contributed by atoms with Crippen LogP contribution in [0.1, 0.15) is 31.7 Å². The van der Waals surface area contributed by atoms with Crippen LogP contribution in [-0.2, 0) is 9.53 Å². The van der Waals surface area contributed by atoms with Crippen LogP contribution in [0.4, 0.5) is 5.69 Å². The van der Waals surface area contributed by atoms with Gasteiger partial charge in [-0.3, -0.25) is 4.79 Å². The van der Waals surface area contributed by atoms with Crippen molar-refractivity contribution in [3.05, 3.63) is 29.8 Å². The van der Waals surface area contributed by atoms with Gasteiger partial charge in [0.2, 0.25) is 5.91 Å². The number of carbonyl (C=O) groups is 1. The van der Waals surface area contributed by atoms with E-state index in [1.54, 1.807) is 7.11 Å². The van der Waals surface area contributed by atoms with Gasteiger partial charge in [-0.1, -0.05) is 26.0 Å². The van der Waals surface area contributed by atoms with Crippen LogP contribution in [-0.4, -0.2) is 32.7 Å². The summed E-state index contributed by atoms with van der Waals surface area (Å²) >= 11 is 0. The fourth-order valence-corrected chi connectivity index (χ4v) is 1.71. The number of hydrogen-bond donors (Lipinski definition) is 2. The predicted molar refractivity (Wildman–Crippen MR) is 78.5 cm³/mol. The molecule has 19 heavy (non-hydrogen) atoms. The smallest absolute Gasteiger partial charge is 0.238 e. The molecule has 1 aromatic carbocycles. The van der Waals surface area contributed by atoms with Gasteiger partial charge in [-0.2, -0.15) is 0 Å². The first kappa shape index (κ1) is 15.7. The van der Waals surface area contributed by atoms with Crippen molar-refractivity contribution in [2.45, 2.75) is 26.2 Å². The first-order valence-electron chi connectivity index (χ1n) is 6.76. The summed E-state index contributed by atoms with van der Waals surface area (Å²) in [6.07, 6.45) is 1.12. The van der Waals surface area contributed by atoms with E-state index in [4.69, 9.17) is 4.74 Å². The number of nitrogens with one attached hydrogen (secondary N) is 2. The molecule has 106 valence electrons. The van der Waals surface area contributed by atoms with Crippen molar-refractivity contribution in [1.29, 1.82) is 0 Å². The van der Waals surface area contributed by atoms with Gasteiger partial charge in [0.25, 0.3) is 0 Å². The Kier molecular flexibility index (Phi) is 7.15. The molecule has 0 aliphatic rings. The van der Waals surface area contributed by atoms with Crippen LogP contribution in [0.2, 0.25) is 0 Å². The third-order valence-corrected chi connectivity index (χ3v) is 3.14. The summed E-state index contributed by atoms with van der Waals surface area (Å²) in [5.74, 6) is 0.521. The van der Waals surface area contributed by atoms with Crippen molar-refractivity contribution < 1.29 is 9.53 Å². The van der Waals surface area contributed by atoms with E-state index in [1.165, 1.54) is 5.56 Å². The van der Waals surface area contributed by atoms with Gasteiger partial charge in [0, 0.05) is 19.3 Å². The van der Waals surface area contributed by atoms with Crippen LogP contribution >= 0.6 is 0 Å². The number of hydrogen-bond acceptors (Lipinski definition) is 3. The van der Waals surface area contributed by atoms with Gasteiger partial charge < -0.3 is 15.4 Å². The molecule has 0 aromatic heterocycles. The monoisotopic (exact) mass is 264 g/mol. The summed E-state index contributed by atoms with van der Waals surface area (Å²) in [5, 5.41) is 5.87. The number of carbonyl (C=O) groups excluding carboxylic acids is 1. The minimum atomic E-state index is -0.0348. The maximum absolute atomic E-state index is 11.6. The van der Waals surface area contributed by atoms with Crippen molar-refractivity contribution in [3.8, 4) is 0 Å². The molecular weight excluding hydrogens is 240 g/mol. The number of ether oxygens (including phenoxy) is 1.